The Morgan fingerprint density at radius 1 is 1.38 bits per heavy atom. The molecule has 46 valence electrons. The summed E-state index contributed by atoms with van der Waals surface area (Å²) in [5.41, 5.74) is 9.72. The first-order valence-electron chi connectivity index (χ1n) is 1.67. The summed E-state index contributed by atoms with van der Waals surface area (Å²) in [6.07, 6.45) is 0. The van der Waals surface area contributed by atoms with Crippen molar-refractivity contribution in [3.8, 4) is 0 Å². The normalized spacial score (nSPS) is 11.0. The van der Waals surface area contributed by atoms with Gasteiger partial charge in [-0.1, -0.05) is 0 Å². The van der Waals surface area contributed by atoms with E-state index in [9.17, 15) is 8.42 Å². The van der Waals surface area contributed by atoms with Gasteiger partial charge in [0.2, 0.25) is 0 Å². The third-order valence-electron chi connectivity index (χ3n) is 0.393. The molecule has 0 saturated carbocycles. The summed E-state index contributed by atoms with van der Waals surface area (Å²) < 4.78 is 19.6. The van der Waals surface area contributed by atoms with Gasteiger partial charge in [-0.3, -0.25) is 0 Å². The molecule has 0 atom stereocenters. The Bertz CT molecular complexity index is 118. The number of rotatable bonds is 1. The average Bonchev–Trinajstić information content (AvgIpc) is 1.31. The average molecular weight is 148 g/mol. The first-order chi connectivity index (χ1) is 2.94. The molecule has 0 aromatic rings. The van der Waals surface area contributed by atoms with E-state index in [2.05, 4.69) is 0 Å². The van der Waals surface area contributed by atoms with Crippen molar-refractivity contribution in [1.82, 2.24) is 0 Å². The Morgan fingerprint density at radius 3 is 1.50 bits per heavy atom. The third kappa shape index (κ3) is 5.02. The van der Waals surface area contributed by atoms with Gasteiger partial charge in [-0.05, 0) is 6.92 Å². The second kappa shape index (κ2) is 3.81. The first-order valence-corrected chi connectivity index (χ1v) is 2.84. The molecule has 0 aliphatic rings. The molecular formula is C2H9N2NaO2S. The van der Waals surface area contributed by atoms with Gasteiger partial charge in [-0.15, -0.1) is 0 Å². The van der Waals surface area contributed by atoms with Gasteiger partial charge in [-0.2, -0.15) is 0 Å². The molecular weight excluding hydrogens is 139 g/mol. The Hall–Kier alpha value is 0.870. The van der Waals surface area contributed by atoms with Gasteiger partial charge in [0.25, 0.3) is 0 Å². The van der Waals surface area contributed by atoms with Crippen molar-refractivity contribution >= 4 is 40.3 Å². The van der Waals surface area contributed by atoms with Gasteiger partial charge in [-0.25, -0.2) is 8.42 Å². The molecule has 8 heavy (non-hydrogen) atoms. The van der Waals surface area contributed by atoms with Crippen LogP contribution in [0.1, 0.15) is 6.92 Å². The molecule has 0 saturated heterocycles. The van der Waals surface area contributed by atoms with Crippen LogP contribution in [0.4, 0.5) is 0 Å². The molecule has 4 N–H and O–H groups in total. The van der Waals surface area contributed by atoms with E-state index in [1.54, 1.807) is 0 Å². The van der Waals surface area contributed by atoms with E-state index in [0.29, 0.717) is 0 Å². The number of hydrogen-bond acceptors (Lipinski definition) is 4. The summed E-state index contributed by atoms with van der Waals surface area (Å²) in [5, 5.41) is 0. The molecule has 0 spiro atoms. The Morgan fingerprint density at radius 2 is 1.50 bits per heavy atom. The van der Waals surface area contributed by atoms with E-state index in [0.717, 1.165) is 0 Å². The molecule has 0 aliphatic carbocycles. The zero-order chi connectivity index (χ0) is 6.08. The van der Waals surface area contributed by atoms with Gasteiger partial charge in [0, 0.05) is 0 Å². The van der Waals surface area contributed by atoms with Crippen molar-refractivity contribution in [2.75, 3.05) is 0 Å². The van der Waals surface area contributed by atoms with Crippen molar-refractivity contribution in [2.24, 2.45) is 11.5 Å². The fourth-order valence-electron chi connectivity index (χ4n) is 0. The molecule has 6 heteroatoms. The molecule has 0 rings (SSSR count). The van der Waals surface area contributed by atoms with Crippen molar-refractivity contribution in [2.45, 2.75) is 11.9 Å². The topological polar surface area (TPSA) is 86.2 Å². The number of thiol groups is 1. The molecule has 0 amide bonds. The zero-order valence-electron chi connectivity index (χ0n) is 3.92. The van der Waals surface area contributed by atoms with Crippen LogP contribution in [0.2, 0.25) is 0 Å². The summed E-state index contributed by atoms with van der Waals surface area (Å²) in [7, 11) is -2.69. The van der Waals surface area contributed by atoms with Crippen LogP contribution in [0.5, 0.6) is 0 Å². The quantitative estimate of drug-likeness (QED) is 0.219. The first kappa shape index (κ1) is 11.6. The zero-order valence-corrected chi connectivity index (χ0v) is 4.81. The summed E-state index contributed by atoms with van der Waals surface area (Å²) in [5.74, 6) is 0. The predicted molar refractivity (Wildman–Crippen MR) is 34.2 cm³/mol. The molecule has 0 heterocycles. The van der Waals surface area contributed by atoms with E-state index in [4.69, 9.17) is 11.5 Å². The number of hydrogen-bond donors (Lipinski definition) is 3. The summed E-state index contributed by atoms with van der Waals surface area (Å²) in [4.78, 5) is -1.55. The molecule has 0 unspecified atom stereocenters. The fourth-order valence-corrected chi connectivity index (χ4v) is 0. The van der Waals surface area contributed by atoms with Crippen molar-refractivity contribution in [1.29, 1.82) is 0 Å². The van der Waals surface area contributed by atoms with Crippen LogP contribution >= 0.6 is 0 Å². The van der Waals surface area contributed by atoms with Crippen LogP contribution in [0.3, 0.4) is 0 Å². The molecule has 0 radical (unpaired) electrons. The van der Waals surface area contributed by atoms with Gasteiger partial charge in [0.15, 0.2) is 15.7 Å². The minimum absolute atomic E-state index is 0. The molecule has 0 aliphatic heterocycles. The molecule has 0 bridgehead atoms. The fraction of sp³-hybridized carbons (Fsp3) is 1.00. The molecule has 4 nitrogen and oxygen atoms in total. The van der Waals surface area contributed by atoms with Crippen molar-refractivity contribution in [3.05, 3.63) is 0 Å². The number of nitrogens with two attached hydrogens (primary N) is 2. The summed E-state index contributed by atoms with van der Waals surface area (Å²) in [6.45, 7) is 1.22. The summed E-state index contributed by atoms with van der Waals surface area (Å²) >= 11 is 0. The maximum atomic E-state index is 9.81. The SMILES string of the molecule is CC(N)(N)[SH](=O)=O.[NaH]. The third-order valence-corrected chi connectivity index (χ3v) is 1.18. The summed E-state index contributed by atoms with van der Waals surface area (Å²) in [6, 6.07) is 0. The minimum atomic E-state index is -2.69. The van der Waals surface area contributed by atoms with E-state index < -0.39 is 15.7 Å². The van der Waals surface area contributed by atoms with Crippen molar-refractivity contribution in [3.63, 3.8) is 0 Å². The van der Waals surface area contributed by atoms with Crippen LogP contribution < -0.4 is 11.5 Å². The second-order valence-corrected chi connectivity index (χ2v) is 2.96. The van der Waals surface area contributed by atoms with Crippen molar-refractivity contribution < 1.29 is 8.42 Å². The van der Waals surface area contributed by atoms with Crippen LogP contribution in [0.25, 0.3) is 0 Å². The monoisotopic (exact) mass is 148 g/mol. The maximum absolute atomic E-state index is 9.81. The molecule has 0 aromatic heterocycles. The molecule has 0 fully saturated rings. The van der Waals surface area contributed by atoms with Gasteiger partial charge in [0.05, 0.1) is 0 Å². The van der Waals surface area contributed by atoms with Crippen LogP contribution in [-0.2, 0) is 10.7 Å². The van der Waals surface area contributed by atoms with E-state index >= 15 is 0 Å². The van der Waals surface area contributed by atoms with E-state index in [1.807, 2.05) is 0 Å². The van der Waals surface area contributed by atoms with Gasteiger partial charge < -0.3 is 11.5 Å². The Balaban J connectivity index is 0. The predicted octanol–water partition coefficient (Wildman–Crippen LogP) is -2.46. The van der Waals surface area contributed by atoms with Gasteiger partial charge in [0.1, 0.15) is 0 Å². The van der Waals surface area contributed by atoms with E-state index in [-0.39, 0.29) is 29.6 Å². The van der Waals surface area contributed by atoms with Gasteiger partial charge >= 0.3 is 29.6 Å². The van der Waals surface area contributed by atoms with Crippen LogP contribution in [0, 0.1) is 0 Å². The van der Waals surface area contributed by atoms with E-state index in [1.165, 1.54) is 6.92 Å². The Kier molecular flexibility index (Phi) is 5.55. The van der Waals surface area contributed by atoms with Crippen LogP contribution in [-0.4, -0.2) is 43.0 Å². The Labute approximate surface area is 71.9 Å². The standard InChI is InChI=1S/C2H8N2O2S.Na.H/c1-2(3,4)7(5)6;;/h7H,3-4H2,1H3;;. The molecule has 0 aromatic carbocycles. The second-order valence-electron chi connectivity index (χ2n) is 1.48. The van der Waals surface area contributed by atoms with Crippen LogP contribution in [0.15, 0.2) is 0 Å².